The second kappa shape index (κ2) is 23.3. The van der Waals surface area contributed by atoms with Crippen molar-refractivity contribution < 1.29 is 32.3 Å². The highest BCUT2D eigenvalue weighted by Crippen LogP contribution is 2.20. The van der Waals surface area contributed by atoms with Gasteiger partial charge in [-0.3, -0.25) is 4.79 Å². The second-order valence-electron chi connectivity index (χ2n) is 7.05. The lowest BCUT2D eigenvalue weighted by Crippen LogP contribution is -2.45. The van der Waals surface area contributed by atoms with Gasteiger partial charge in [-0.2, -0.15) is 23.5 Å². The third-order valence-electron chi connectivity index (χ3n) is 4.33. The molecule has 0 rings (SSSR count). The summed E-state index contributed by atoms with van der Waals surface area (Å²) in [6.45, 7) is 11.1. The van der Waals surface area contributed by atoms with E-state index in [-0.39, 0.29) is 12.1 Å². The Bertz CT molecular complexity index is 473. The van der Waals surface area contributed by atoms with Crippen molar-refractivity contribution in [1.82, 2.24) is 5.32 Å². The molecule has 0 aromatic carbocycles. The highest BCUT2D eigenvalue weighted by molar-refractivity contribution is 8.02. The van der Waals surface area contributed by atoms with Crippen molar-refractivity contribution in [3.8, 4) is 0 Å². The Labute approximate surface area is 210 Å². The monoisotopic (exact) mass is 527 g/mol. The summed E-state index contributed by atoms with van der Waals surface area (Å²) in [7, 11) is -2.62. The predicted octanol–water partition coefficient (Wildman–Crippen LogP) is 4.74. The summed E-state index contributed by atoms with van der Waals surface area (Å²) in [4.78, 5) is 23.3. The van der Waals surface area contributed by atoms with Crippen LogP contribution in [-0.4, -0.2) is 83.5 Å². The number of hydrogen-bond donors (Lipinski definition) is 1. The maximum Gasteiger partial charge on any atom is 0.500 e. The van der Waals surface area contributed by atoms with Gasteiger partial charge < -0.3 is 28.1 Å². The first-order valence-electron chi connectivity index (χ1n) is 12.2. The summed E-state index contributed by atoms with van der Waals surface area (Å²) < 4.78 is 27.9. The molecule has 196 valence electrons. The Morgan fingerprint density at radius 3 is 1.88 bits per heavy atom. The fourth-order valence-electron chi connectivity index (χ4n) is 2.83. The van der Waals surface area contributed by atoms with Crippen molar-refractivity contribution >= 4 is 44.4 Å². The average molecular weight is 528 g/mol. The Morgan fingerprint density at radius 1 is 0.758 bits per heavy atom. The molecule has 0 heterocycles. The first-order valence-corrected chi connectivity index (χ1v) is 16.4. The van der Waals surface area contributed by atoms with E-state index in [0.717, 1.165) is 54.7 Å². The lowest BCUT2D eigenvalue weighted by Gasteiger charge is -2.28. The van der Waals surface area contributed by atoms with E-state index in [1.165, 1.54) is 0 Å². The third kappa shape index (κ3) is 19.5. The molecule has 0 aromatic heterocycles. The molecule has 1 amide bonds. The number of hydrogen-bond acceptors (Lipinski definition) is 9. The standard InChI is InChI=1S/C22H45NO7S2Si/c1-5-9-13-23-22(25)27-15-17-32-19-18-31-16-14-26-21(24)12-10-11-20-33(28-6-2,29-7-3)30-8-4/h5-20H2,1-4H3,(H,23,25). The van der Waals surface area contributed by atoms with Crippen molar-refractivity contribution in [1.29, 1.82) is 0 Å². The molecule has 1 N–H and O–H groups in total. The average Bonchev–Trinajstić information content (AvgIpc) is 2.79. The highest BCUT2D eigenvalue weighted by atomic mass is 32.2. The number of carbonyl (C=O) groups excluding carboxylic acids is 2. The first-order chi connectivity index (χ1) is 16.0. The number of alkyl carbamates (subject to hydrolysis) is 1. The molecule has 0 unspecified atom stereocenters. The van der Waals surface area contributed by atoms with Gasteiger partial charge in [0.05, 0.1) is 0 Å². The molecule has 0 radical (unpaired) electrons. The second-order valence-corrected chi connectivity index (χ2v) is 12.2. The van der Waals surface area contributed by atoms with Crippen LogP contribution in [0.1, 0.15) is 59.8 Å². The number of nitrogens with one attached hydrogen (secondary N) is 1. The fourth-order valence-corrected chi connectivity index (χ4v) is 7.27. The van der Waals surface area contributed by atoms with Gasteiger partial charge in [0.15, 0.2) is 0 Å². The highest BCUT2D eigenvalue weighted by Gasteiger charge is 2.39. The van der Waals surface area contributed by atoms with Gasteiger partial charge in [-0.15, -0.1) is 0 Å². The third-order valence-corrected chi connectivity index (χ3v) is 9.64. The Morgan fingerprint density at radius 2 is 1.33 bits per heavy atom. The number of esters is 1. The number of unbranched alkanes of at least 4 members (excludes halogenated alkanes) is 2. The van der Waals surface area contributed by atoms with Crippen molar-refractivity contribution in [2.24, 2.45) is 0 Å². The van der Waals surface area contributed by atoms with Gasteiger partial charge in [-0.1, -0.05) is 13.3 Å². The maximum absolute atomic E-state index is 11.9. The molecule has 8 nitrogen and oxygen atoms in total. The van der Waals surface area contributed by atoms with E-state index in [1.54, 1.807) is 23.5 Å². The van der Waals surface area contributed by atoms with Gasteiger partial charge in [0, 0.05) is 61.8 Å². The van der Waals surface area contributed by atoms with Crippen LogP contribution in [0.2, 0.25) is 6.04 Å². The molecule has 0 fully saturated rings. The number of ether oxygens (including phenoxy) is 2. The van der Waals surface area contributed by atoms with Crippen molar-refractivity contribution in [3.05, 3.63) is 0 Å². The smallest absolute Gasteiger partial charge is 0.465 e. The van der Waals surface area contributed by atoms with Crippen LogP contribution in [-0.2, 0) is 27.5 Å². The maximum atomic E-state index is 11.9. The van der Waals surface area contributed by atoms with E-state index in [1.807, 2.05) is 20.8 Å². The zero-order valence-corrected chi connectivity index (χ0v) is 23.6. The SMILES string of the molecule is CCCCNC(=O)OCCSCCSCCOC(=O)CCCC[Si](OCC)(OCC)OCC. The van der Waals surface area contributed by atoms with E-state index < -0.39 is 8.80 Å². The molecule has 0 aromatic rings. The van der Waals surface area contributed by atoms with Crippen molar-refractivity contribution in [3.63, 3.8) is 0 Å². The topological polar surface area (TPSA) is 92.3 Å². The number of carbonyl (C=O) groups is 2. The summed E-state index contributed by atoms with van der Waals surface area (Å²) in [6, 6.07) is 0.720. The van der Waals surface area contributed by atoms with Crippen molar-refractivity contribution in [2.75, 3.05) is 62.6 Å². The van der Waals surface area contributed by atoms with Crippen LogP contribution >= 0.6 is 23.5 Å². The van der Waals surface area contributed by atoms with Gasteiger partial charge in [0.1, 0.15) is 13.2 Å². The molecule has 0 saturated carbocycles. The quantitative estimate of drug-likeness (QED) is 0.115. The van der Waals surface area contributed by atoms with E-state index in [4.69, 9.17) is 22.8 Å². The summed E-state index contributed by atoms with van der Waals surface area (Å²) in [5, 5.41) is 2.72. The molecule has 0 bridgehead atoms. The molecule has 0 aliphatic heterocycles. The van der Waals surface area contributed by atoms with Crippen LogP contribution in [0.3, 0.4) is 0 Å². The molecule has 0 aliphatic carbocycles. The van der Waals surface area contributed by atoms with E-state index in [0.29, 0.717) is 46.0 Å². The normalized spacial score (nSPS) is 11.4. The van der Waals surface area contributed by atoms with E-state index in [2.05, 4.69) is 12.2 Å². The van der Waals surface area contributed by atoms with E-state index in [9.17, 15) is 9.59 Å². The Balaban J connectivity index is 3.63. The summed E-state index contributed by atoms with van der Waals surface area (Å²) >= 11 is 3.51. The van der Waals surface area contributed by atoms with Gasteiger partial charge in [-0.05, 0) is 40.0 Å². The molecule has 0 spiro atoms. The van der Waals surface area contributed by atoms with Crippen LogP contribution in [0, 0.1) is 0 Å². The summed E-state index contributed by atoms with van der Waals surface area (Å²) in [5.41, 5.74) is 0. The van der Waals surface area contributed by atoms with E-state index >= 15 is 0 Å². The molecule has 0 aliphatic rings. The number of amides is 1. The van der Waals surface area contributed by atoms with Gasteiger partial charge >= 0.3 is 20.9 Å². The van der Waals surface area contributed by atoms with Gasteiger partial charge in [0.25, 0.3) is 0 Å². The molecule has 0 atom stereocenters. The van der Waals surface area contributed by atoms with Crippen LogP contribution in [0.4, 0.5) is 4.79 Å². The summed E-state index contributed by atoms with van der Waals surface area (Å²) in [5.74, 6) is 3.37. The fraction of sp³-hybridized carbons (Fsp3) is 0.909. The van der Waals surface area contributed by atoms with Gasteiger partial charge in [-0.25, -0.2) is 4.79 Å². The number of rotatable bonds is 23. The van der Waals surface area contributed by atoms with Crippen LogP contribution in [0.5, 0.6) is 0 Å². The molecule has 33 heavy (non-hydrogen) atoms. The predicted molar refractivity (Wildman–Crippen MR) is 139 cm³/mol. The largest absolute Gasteiger partial charge is 0.500 e. The lowest BCUT2D eigenvalue weighted by molar-refractivity contribution is -0.143. The molecule has 0 saturated heterocycles. The van der Waals surface area contributed by atoms with Crippen LogP contribution in [0.15, 0.2) is 0 Å². The zero-order valence-electron chi connectivity index (χ0n) is 21.0. The van der Waals surface area contributed by atoms with Gasteiger partial charge in [0.2, 0.25) is 0 Å². The molecule has 11 heteroatoms. The molecular formula is C22H45NO7S2Si. The molecular weight excluding hydrogens is 482 g/mol. The van der Waals surface area contributed by atoms with Crippen LogP contribution < -0.4 is 5.32 Å². The minimum atomic E-state index is -2.62. The lowest BCUT2D eigenvalue weighted by atomic mass is 10.2. The minimum Gasteiger partial charge on any atom is -0.465 e. The Kier molecular flexibility index (Phi) is 23.0. The Hall–Kier alpha value is -0.463. The summed E-state index contributed by atoms with van der Waals surface area (Å²) in [6.07, 6.45) is 3.64. The zero-order chi connectivity index (χ0) is 24.6. The first kappa shape index (κ1) is 32.5. The van der Waals surface area contributed by atoms with Crippen molar-refractivity contribution in [2.45, 2.75) is 65.8 Å². The number of thioether (sulfide) groups is 2. The van der Waals surface area contributed by atoms with Crippen LogP contribution in [0.25, 0.3) is 0 Å². The minimum absolute atomic E-state index is 0.157.